The number of halogens is 1. The Morgan fingerprint density at radius 3 is 2.89 bits per heavy atom. The first kappa shape index (κ1) is 11.3. The fourth-order valence-corrected chi connectivity index (χ4v) is 2.62. The molecule has 0 aliphatic carbocycles. The van der Waals surface area contributed by atoms with Crippen LogP contribution in [0, 0.1) is 5.82 Å². The lowest BCUT2D eigenvalue weighted by Crippen LogP contribution is -2.19. The van der Waals surface area contributed by atoms with Gasteiger partial charge in [-0.25, -0.2) is 4.39 Å². The highest BCUT2D eigenvalue weighted by Crippen LogP contribution is 2.35. The smallest absolute Gasteiger partial charge is 0.136 e. The average molecular weight is 245 g/mol. The van der Waals surface area contributed by atoms with Crippen LogP contribution in [0.15, 0.2) is 24.5 Å². The van der Waals surface area contributed by atoms with Crippen molar-refractivity contribution >= 4 is 5.69 Å². The van der Waals surface area contributed by atoms with Gasteiger partial charge in [-0.2, -0.15) is 5.10 Å². The lowest BCUT2D eigenvalue weighted by molar-refractivity contribution is 0.619. The molecule has 0 bridgehead atoms. The molecule has 0 amide bonds. The quantitative estimate of drug-likeness (QED) is 0.811. The normalized spacial score (nSPS) is 14.1. The van der Waals surface area contributed by atoms with E-state index in [1.165, 1.54) is 0 Å². The van der Waals surface area contributed by atoms with Crippen LogP contribution in [-0.2, 0) is 13.5 Å². The lowest BCUT2D eigenvalue weighted by atomic mass is 10.0. The standard InChI is InChI=1S/C14H16FN3/c1-3-18-7-6-12-13(18)5-4-11(14(12)15)10-8-16-17(2)9-10/h4-5,8-9H,3,6-7H2,1-2H3. The molecule has 2 heterocycles. The summed E-state index contributed by atoms with van der Waals surface area (Å²) in [4.78, 5) is 2.21. The SMILES string of the molecule is CCN1CCc2c1ccc(-c1cnn(C)c1)c2F. The van der Waals surface area contributed by atoms with E-state index >= 15 is 0 Å². The molecule has 3 rings (SSSR count). The summed E-state index contributed by atoms with van der Waals surface area (Å²) in [5.41, 5.74) is 3.38. The van der Waals surface area contributed by atoms with Crippen molar-refractivity contribution < 1.29 is 4.39 Å². The topological polar surface area (TPSA) is 21.1 Å². The van der Waals surface area contributed by atoms with Crippen LogP contribution in [0.5, 0.6) is 0 Å². The Labute approximate surface area is 106 Å². The molecule has 0 saturated carbocycles. The molecular formula is C14H16FN3. The molecule has 0 saturated heterocycles. The molecule has 4 heteroatoms. The summed E-state index contributed by atoms with van der Waals surface area (Å²) >= 11 is 0. The molecule has 2 aromatic rings. The van der Waals surface area contributed by atoms with E-state index in [1.54, 1.807) is 10.9 Å². The summed E-state index contributed by atoms with van der Waals surface area (Å²) in [6.45, 7) is 3.94. The molecule has 18 heavy (non-hydrogen) atoms. The van der Waals surface area contributed by atoms with E-state index in [1.807, 2.05) is 25.4 Å². The summed E-state index contributed by atoms with van der Waals surface area (Å²) in [5, 5.41) is 4.10. The predicted octanol–water partition coefficient (Wildman–Crippen LogP) is 2.61. The van der Waals surface area contributed by atoms with Crippen molar-refractivity contribution in [3.8, 4) is 11.1 Å². The zero-order chi connectivity index (χ0) is 12.7. The van der Waals surface area contributed by atoms with Gasteiger partial charge >= 0.3 is 0 Å². The Morgan fingerprint density at radius 2 is 2.22 bits per heavy atom. The van der Waals surface area contributed by atoms with Gasteiger partial charge in [0.2, 0.25) is 0 Å². The molecule has 0 spiro atoms. The van der Waals surface area contributed by atoms with Crippen LogP contribution in [0.25, 0.3) is 11.1 Å². The van der Waals surface area contributed by atoms with Crippen LogP contribution in [-0.4, -0.2) is 22.9 Å². The molecule has 0 fully saturated rings. The van der Waals surface area contributed by atoms with Crippen LogP contribution in [0.1, 0.15) is 12.5 Å². The van der Waals surface area contributed by atoms with E-state index in [-0.39, 0.29) is 5.82 Å². The number of hydrogen-bond donors (Lipinski definition) is 0. The Morgan fingerprint density at radius 1 is 1.39 bits per heavy atom. The Hall–Kier alpha value is -1.84. The second kappa shape index (κ2) is 4.12. The monoisotopic (exact) mass is 245 g/mol. The Kier molecular flexibility index (Phi) is 2.58. The maximum absolute atomic E-state index is 14.5. The third-order valence-electron chi connectivity index (χ3n) is 3.59. The van der Waals surface area contributed by atoms with Gasteiger partial charge in [0.15, 0.2) is 0 Å². The third kappa shape index (κ3) is 1.60. The van der Waals surface area contributed by atoms with Gasteiger partial charge in [-0.3, -0.25) is 4.68 Å². The van der Waals surface area contributed by atoms with Gasteiger partial charge in [-0.15, -0.1) is 0 Å². The van der Waals surface area contributed by atoms with Crippen molar-refractivity contribution in [3.63, 3.8) is 0 Å². The largest absolute Gasteiger partial charge is 0.371 e. The molecule has 1 aliphatic heterocycles. The Balaban J connectivity index is 2.10. The first-order valence-corrected chi connectivity index (χ1v) is 6.26. The van der Waals surface area contributed by atoms with E-state index < -0.39 is 0 Å². The molecule has 1 aromatic carbocycles. The van der Waals surface area contributed by atoms with Crippen molar-refractivity contribution in [1.29, 1.82) is 0 Å². The molecule has 0 unspecified atom stereocenters. The number of aryl methyl sites for hydroxylation is 1. The average Bonchev–Trinajstić information content (AvgIpc) is 2.96. The molecule has 0 radical (unpaired) electrons. The van der Waals surface area contributed by atoms with Gasteiger partial charge in [-0.1, -0.05) is 0 Å². The molecule has 94 valence electrons. The van der Waals surface area contributed by atoms with Crippen LogP contribution in [0.2, 0.25) is 0 Å². The maximum Gasteiger partial charge on any atom is 0.136 e. The van der Waals surface area contributed by atoms with Crippen molar-refractivity contribution in [2.45, 2.75) is 13.3 Å². The number of anilines is 1. The number of rotatable bonds is 2. The number of benzene rings is 1. The first-order chi connectivity index (χ1) is 8.70. The molecule has 3 nitrogen and oxygen atoms in total. The van der Waals surface area contributed by atoms with Crippen molar-refractivity contribution in [3.05, 3.63) is 35.9 Å². The fourth-order valence-electron chi connectivity index (χ4n) is 2.62. The minimum atomic E-state index is -0.0866. The van der Waals surface area contributed by atoms with Crippen molar-refractivity contribution in [2.75, 3.05) is 18.0 Å². The van der Waals surface area contributed by atoms with Gasteiger partial charge in [-0.05, 0) is 25.5 Å². The molecule has 1 aliphatic rings. The third-order valence-corrected chi connectivity index (χ3v) is 3.59. The predicted molar refractivity (Wildman–Crippen MR) is 70.2 cm³/mol. The summed E-state index contributed by atoms with van der Waals surface area (Å²) in [5.74, 6) is -0.0866. The van der Waals surface area contributed by atoms with E-state index in [0.717, 1.165) is 36.3 Å². The molecule has 1 aromatic heterocycles. The van der Waals surface area contributed by atoms with E-state index in [9.17, 15) is 4.39 Å². The summed E-state index contributed by atoms with van der Waals surface area (Å²) < 4.78 is 16.2. The molecule has 0 N–H and O–H groups in total. The van der Waals surface area contributed by atoms with Crippen LogP contribution >= 0.6 is 0 Å². The summed E-state index contributed by atoms with van der Waals surface area (Å²) in [6.07, 6.45) is 4.35. The van der Waals surface area contributed by atoms with Gasteiger partial charge < -0.3 is 4.90 Å². The zero-order valence-corrected chi connectivity index (χ0v) is 10.7. The van der Waals surface area contributed by atoms with Gasteiger partial charge in [0.05, 0.1) is 6.20 Å². The van der Waals surface area contributed by atoms with E-state index in [2.05, 4.69) is 16.9 Å². The van der Waals surface area contributed by atoms with Crippen molar-refractivity contribution in [1.82, 2.24) is 9.78 Å². The highest BCUT2D eigenvalue weighted by atomic mass is 19.1. The second-order valence-corrected chi connectivity index (χ2v) is 4.66. The maximum atomic E-state index is 14.5. The second-order valence-electron chi connectivity index (χ2n) is 4.66. The van der Waals surface area contributed by atoms with Gasteiger partial charge in [0.25, 0.3) is 0 Å². The number of nitrogens with zero attached hydrogens (tertiary/aromatic N) is 3. The first-order valence-electron chi connectivity index (χ1n) is 6.26. The summed E-state index contributed by atoms with van der Waals surface area (Å²) in [7, 11) is 1.84. The minimum Gasteiger partial charge on any atom is -0.371 e. The zero-order valence-electron chi connectivity index (χ0n) is 10.7. The number of likely N-dealkylation sites (N-methyl/N-ethyl adjacent to an activating group) is 1. The fraction of sp³-hybridized carbons (Fsp3) is 0.357. The van der Waals surface area contributed by atoms with E-state index in [4.69, 9.17) is 0 Å². The lowest BCUT2D eigenvalue weighted by Gasteiger charge is -2.16. The Bertz CT molecular complexity index is 589. The number of fused-ring (bicyclic) bond motifs is 1. The van der Waals surface area contributed by atoms with E-state index in [0.29, 0.717) is 5.56 Å². The number of hydrogen-bond acceptors (Lipinski definition) is 2. The number of aromatic nitrogens is 2. The molecular weight excluding hydrogens is 229 g/mol. The van der Waals surface area contributed by atoms with Crippen LogP contribution < -0.4 is 4.90 Å². The van der Waals surface area contributed by atoms with Crippen LogP contribution in [0.3, 0.4) is 0 Å². The minimum absolute atomic E-state index is 0.0866. The van der Waals surface area contributed by atoms with Gasteiger partial charge in [0.1, 0.15) is 5.82 Å². The van der Waals surface area contributed by atoms with Crippen molar-refractivity contribution in [2.24, 2.45) is 7.05 Å². The van der Waals surface area contributed by atoms with Crippen LogP contribution in [0.4, 0.5) is 10.1 Å². The highest BCUT2D eigenvalue weighted by Gasteiger charge is 2.23. The highest BCUT2D eigenvalue weighted by molar-refractivity contribution is 5.70. The van der Waals surface area contributed by atoms with Gasteiger partial charge in [0, 0.05) is 48.7 Å². The molecule has 0 atom stereocenters. The summed E-state index contributed by atoms with van der Waals surface area (Å²) in [6, 6.07) is 3.89.